The fourth-order valence-corrected chi connectivity index (χ4v) is 1.66. The summed E-state index contributed by atoms with van der Waals surface area (Å²) in [5.74, 6) is -4.28. The number of benzene rings is 2. The zero-order valence-electron chi connectivity index (χ0n) is 10.5. The van der Waals surface area contributed by atoms with Gasteiger partial charge in [-0.3, -0.25) is 4.79 Å². The number of amides is 1. The number of halogens is 4. The average Bonchev–Trinajstić information content (AvgIpc) is 2.44. The lowest BCUT2D eigenvalue weighted by Gasteiger charge is -2.04. The largest absolute Gasteiger partial charge is 0.320 e. The van der Waals surface area contributed by atoms with Crippen molar-refractivity contribution in [3.63, 3.8) is 0 Å². The summed E-state index contributed by atoms with van der Waals surface area (Å²) < 4.78 is 39.1. The molecular weight excluding hydrogens is 303 g/mol. The third-order valence-electron chi connectivity index (χ3n) is 2.56. The molecule has 0 aliphatic rings. The molecule has 0 unspecified atom stereocenters. The molecule has 2 nitrogen and oxygen atoms in total. The Balaban J connectivity index is 2.08. The zero-order valence-corrected chi connectivity index (χ0v) is 11.3. The molecule has 1 amide bonds. The summed E-state index contributed by atoms with van der Waals surface area (Å²) in [5, 5.41) is 2.68. The van der Waals surface area contributed by atoms with Gasteiger partial charge in [0.05, 0.1) is 5.69 Å². The highest BCUT2D eigenvalue weighted by Crippen LogP contribution is 2.18. The Morgan fingerprint density at radius 1 is 1.00 bits per heavy atom. The average molecular weight is 312 g/mol. The van der Waals surface area contributed by atoms with Crippen LogP contribution in [-0.2, 0) is 4.79 Å². The Morgan fingerprint density at radius 2 is 1.62 bits per heavy atom. The predicted octanol–water partition coefficient (Wildman–Crippen LogP) is 4.41. The molecule has 21 heavy (non-hydrogen) atoms. The molecule has 2 rings (SSSR count). The van der Waals surface area contributed by atoms with Crippen LogP contribution >= 0.6 is 11.6 Å². The molecule has 0 bridgehead atoms. The molecule has 2 aromatic rings. The number of hydrogen-bond acceptors (Lipinski definition) is 1. The van der Waals surface area contributed by atoms with E-state index in [4.69, 9.17) is 11.6 Å². The number of carbonyl (C=O) groups is 1. The number of rotatable bonds is 3. The second-order valence-electron chi connectivity index (χ2n) is 4.12. The first kappa shape index (κ1) is 15.1. The number of carbonyl (C=O) groups excluding carboxylic acids is 1. The summed E-state index contributed by atoms with van der Waals surface area (Å²) in [6.45, 7) is 0. The lowest BCUT2D eigenvalue weighted by molar-refractivity contribution is -0.111. The predicted molar refractivity (Wildman–Crippen MR) is 75.4 cm³/mol. The molecule has 0 aliphatic heterocycles. The van der Waals surface area contributed by atoms with E-state index < -0.39 is 29.0 Å². The van der Waals surface area contributed by atoms with Crippen molar-refractivity contribution in [3.05, 3.63) is 70.5 Å². The first-order valence-corrected chi connectivity index (χ1v) is 6.22. The molecule has 0 radical (unpaired) electrons. The lowest BCUT2D eigenvalue weighted by Crippen LogP contribution is -2.10. The summed E-state index contributed by atoms with van der Waals surface area (Å²) in [5.41, 5.74) is 0.278. The van der Waals surface area contributed by atoms with E-state index in [0.29, 0.717) is 22.7 Å². The van der Waals surface area contributed by atoms with Crippen molar-refractivity contribution >= 4 is 29.3 Å². The molecule has 0 saturated carbocycles. The van der Waals surface area contributed by atoms with Crippen LogP contribution in [-0.4, -0.2) is 5.91 Å². The van der Waals surface area contributed by atoms with Crippen LogP contribution < -0.4 is 5.32 Å². The van der Waals surface area contributed by atoms with Gasteiger partial charge in [0.25, 0.3) is 0 Å². The van der Waals surface area contributed by atoms with Gasteiger partial charge >= 0.3 is 0 Å². The van der Waals surface area contributed by atoms with Gasteiger partial charge in [0, 0.05) is 23.2 Å². The standard InChI is InChI=1S/C15H9ClF3NO/c16-10-4-1-9(2-5-10)3-6-15(21)20-14-8-12(18)11(17)7-13(14)19/h1-8H,(H,20,21)/b6-3+. The van der Waals surface area contributed by atoms with E-state index in [1.807, 2.05) is 0 Å². The summed E-state index contributed by atoms with van der Waals surface area (Å²) in [6.07, 6.45) is 2.62. The highest BCUT2D eigenvalue weighted by Gasteiger charge is 2.10. The fourth-order valence-electron chi connectivity index (χ4n) is 1.54. The fraction of sp³-hybridized carbons (Fsp3) is 0. The van der Waals surface area contributed by atoms with Gasteiger partial charge in [-0.25, -0.2) is 13.2 Å². The van der Waals surface area contributed by atoms with Crippen molar-refractivity contribution < 1.29 is 18.0 Å². The minimum atomic E-state index is -1.32. The molecule has 0 aliphatic carbocycles. The smallest absolute Gasteiger partial charge is 0.248 e. The Bertz CT molecular complexity index is 699. The zero-order chi connectivity index (χ0) is 15.4. The van der Waals surface area contributed by atoms with E-state index >= 15 is 0 Å². The van der Waals surface area contributed by atoms with Crippen LogP contribution in [0.2, 0.25) is 5.02 Å². The van der Waals surface area contributed by atoms with Crippen LogP contribution in [0, 0.1) is 17.5 Å². The van der Waals surface area contributed by atoms with E-state index in [0.717, 1.165) is 6.08 Å². The minimum Gasteiger partial charge on any atom is -0.320 e. The van der Waals surface area contributed by atoms with Crippen LogP contribution in [0.4, 0.5) is 18.9 Å². The summed E-state index contributed by atoms with van der Waals surface area (Å²) in [7, 11) is 0. The van der Waals surface area contributed by atoms with E-state index in [1.165, 1.54) is 6.08 Å². The van der Waals surface area contributed by atoms with Crippen LogP contribution in [0.5, 0.6) is 0 Å². The molecule has 0 aromatic heterocycles. The summed E-state index contributed by atoms with van der Waals surface area (Å²) in [4.78, 5) is 11.6. The summed E-state index contributed by atoms with van der Waals surface area (Å²) >= 11 is 5.72. The van der Waals surface area contributed by atoms with E-state index in [9.17, 15) is 18.0 Å². The van der Waals surface area contributed by atoms with Crippen LogP contribution in [0.1, 0.15) is 5.56 Å². The third-order valence-corrected chi connectivity index (χ3v) is 2.82. The Hall–Kier alpha value is -2.27. The van der Waals surface area contributed by atoms with E-state index in [2.05, 4.69) is 5.32 Å². The summed E-state index contributed by atoms with van der Waals surface area (Å²) in [6, 6.07) is 7.61. The Kier molecular flexibility index (Phi) is 4.65. The van der Waals surface area contributed by atoms with Gasteiger partial charge in [-0.1, -0.05) is 23.7 Å². The quantitative estimate of drug-likeness (QED) is 0.660. The molecule has 1 N–H and O–H groups in total. The lowest BCUT2D eigenvalue weighted by atomic mass is 10.2. The molecule has 0 atom stereocenters. The second kappa shape index (κ2) is 6.45. The van der Waals surface area contributed by atoms with E-state index in [-0.39, 0.29) is 0 Å². The van der Waals surface area contributed by atoms with Crippen molar-refractivity contribution in [1.29, 1.82) is 0 Å². The van der Waals surface area contributed by atoms with Crippen molar-refractivity contribution in [2.75, 3.05) is 5.32 Å². The third kappa shape index (κ3) is 4.10. The van der Waals surface area contributed by atoms with E-state index in [1.54, 1.807) is 24.3 Å². The maximum atomic E-state index is 13.3. The normalized spacial score (nSPS) is 10.9. The highest BCUT2D eigenvalue weighted by molar-refractivity contribution is 6.30. The molecule has 0 fully saturated rings. The van der Waals surface area contributed by atoms with Crippen molar-refractivity contribution in [2.45, 2.75) is 0 Å². The molecule has 2 aromatic carbocycles. The Morgan fingerprint density at radius 3 is 2.29 bits per heavy atom. The maximum absolute atomic E-state index is 13.3. The van der Waals surface area contributed by atoms with Gasteiger partial charge in [0.2, 0.25) is 5.91 Å². The highest BCUT2D eigenvalue weighted by atomic mass is 35.5. The molecule has 0 spiro atoms. The molecule has 0 heterocycles. The van der Waals surface area contributed by atoms with Crippen molar-refractivity contribution in [1.82, 2.24) is 0 Å². The molecule has 108 valence electrons. The van der Waals surface area contributed by atoms with Crippen LogP contribution in [0.25, 0.3) is 6.08 Å². The first-order chi connectivity index (χ1) is 9.95. The SMILES string of the molecule is O=C(/C=C/c1ccc(Cl)cc1)Nc1cc(F)c(F)cc1F. The first-order valence-electron chi connectivity index (χ1n) is 5.85. The molecular formula is C15H9ClF3NO. The Labute approximate surface area is 123 Å². The van der Waals surface area contributed by atoms with Gasteiger partial charge in [0.1, 0.15) is 5.82 Å². The van der Waals surface area contributed by atoms with Crippen molar-refractivity contribution in [2.24, 2.45) is 0 Å². The number of anilines is 1. The minimum absolute atomic E-state index is 0.369. The van der Waals surface area contributed by atoms with Gasteiger partial charge < -0.3 is 5.32 Å². The molecule has 6 heteroatoms. The second-order valence-corrected chi connectivity index (χ2v) is 4.56. The van der Waals surface area contributed by atoms with Gasteiger partial charge in [-0.15, -0.1) is 0 Å². The number of hydrogen-bond donors (Lipinski definition) is 1. The molecule has 0 saturated heterocycles. The van der Waals surface area contributed by atoms with Gasteiger partial charge in [0.15, 0.2) is 11.6 Å². The van der Waals surface area contributed by atoms with Gasteiger partial charge in [-0.2, -0.15) is 0 Å². The van der Waals surface area contributed by atoms with Crippen LogP contribution in [0.3, 0.4) is 0 Å². The van der Waals surface area contributed by atoms with Crippen LogP contribution in [0.15, 0.2) is 42.5 Å². The monoisotopic (exact) mass is 311 g/mol. The van der Waals surface area contributed by atoms with Gasteiger partial charge in [-0.05, 0) is 23.8 Å². The van der Waals surface area contributed by atoms with Crippen molar-refractivity contribution in [3.8, 4) is 0 Å². The number of nitrogens with one attached hydrogen (secondary N) is 1. The maximum Gasteiger partial charge on any atom is 0.248 e. The topological polar surface area (TPSA) is 29.1 Å².